The lowest BCUT2D eigenvalue weighted by atomic mass is 10.2. The molecule has 3 nitrogen and oxygen atoms in total. The zero-order valence-corrected chi connectivity index (χ0v) is 12.2. The van der Waals surface area contributed by atoms with Crippen LogP contribution in [0.4, 0.5) is 0 Å². The Labute approximate surface area is 126 Å². The highest BCUT2D eigenvalue weighted by molar-refractivity contribution is 7.99. The van der Waals surface area contributed by atoms with Crippen LogP contribution in [0, 0.1) is 0 Å². The van der Waals surface area contributed by atoms with Gasteiger partial charge in [0.1, 0.15) is 5.75 Å². The van der Waals surface area contributed by atoms with E-state index >= 15 is 0 Å². The second-order valence-electron chi connectivity index (χ2n) is 3.96. The van der Waals surface area contributed by atoms with Crippen LogP contribution >= 0.6 is 23.4 Å². The molecule has 0 aliphatic carbocycles. The Kier molecular flexibility index (Phi) is 5.32. The van der Waals surface area contributed by atoms with E-state index in [0.29, 0.717) is 17.4 Å². The molecule has 0 spiro atoms. The van der Waals surface area contributed by atoms with E-state index in [9.17, 15) is 4.79 Å². The van der Waals surface area contributed by atoms with E-state index in [1.165, 1.54) is 17.0 Å². The zero-order chi connectivity index (χ0) is 14.4. The van der Waals surface area contributed by atoms with Crippen molar-refractivity contribution in [3.05, 3.63) is 59.1 Å². The van der Waals surface area contributed by atoms with Crippen molar-refractivity contribution < 1.29 is 14.6 Å². The van der Waals surface area contributed by atoms with E-state index in [1.54, 1.807) is 17.8 Å². The van der Waals surface area contributed by atoms with Gasteiger partial charge in [-0.1, -0.05) is 29.8 Å². The molecule has 20 heavy (non-hydrogen) atoms. The third kappa shape index (κ3) is 4.18. The summed E-state index contributed by atoms with van der Waals surface area (Å²) in [4.78, 5) is 12.0. The molecule has 1 N–H and O–H groups in total. The minimum absolute atomic E-state index is 0.154. The molecule has 0 aliphatic rings. The van der Waals surface area contributed by atoms with E-state index < -0.39 is 5.97 Å². The second kappa shape index (κ2) is 7.22. The fourth-order valence-corrected chi connectivity index (χ4v) is 2.57. The van der Waals surface area contributed by atoms with Gasteiger partial charge >= 0.3 is 5.97 Å². The first-order valence-electron chi connectivity index (χ1n) is 6.00. The minimum Gasteiger partial charge on any atom is -0.491 e. The Morgan fingerprint density at radius 1 is 1.20 bits per heavy atom. The van der Waals surface area contributed by atoms with Crippen LogP contribution in [-0.2, 0) is 0 Å². The Balaban J connectivity index is 1.84. The van der Waals surface area contributed by atoms with Crippen LogP contribution in [0.5, 0.6) is 5.75 Å². The molecule has 2 rings (SSSR count). The van der Waals surface area contributed by atoms with E-state index in [1.807, 2.05) is 30.3 Å². The van der Waals surface area contributed by atoms with Crippen molar-refractivity contribution in [3.8, 4) is 5.75 Å². The number of hydrogen-bond acceptors (Lipinski definition) is 3. The Bertz CT molecular complexity index is 587. The normalized spacial score (nSPS) is 10.2. The van der Waals surface area contributed by atoms with Gasteiger partial charge in [0.25, 0.3) is 0 Å². The molecular weight excluding hydrogens is 296 g/mol. The Morgan fingerprint density at radius 3 is 2.60 bits per heavy atom. The lowest BCUT2D eigenvalue weighted by Gasteiger charge is -2.08. The molecule has 0 heterocycles. The maximum absolute atomic E-state index is 10.8. The average Bonchev–Trinajstić information content (AvgIpc) is 2.46. The van der Waals surface area contributed by atoms with Crippen LogP contribution in [0.3, 0.4) is 0 Å². The lowest BCUT2D eigenvalue weighted by Crippen LogP contribution is -2.02. The number of thioether (sulfide) groups is 1. The van der Waals surface area contributed by atoms with Crippen molar-refractivity contribution in [2.24, 2.45) is 0 Å². The highest BCUT2D eigenvalue weighted by atomic mass is 35.5. The van der Waals surface area contributed by atoms with Crippen LogP contribution in [0.25, 0.3) is 0 Å². The molecule has 0 saturated carbocycles. The van der Waals surface area contributed by atoms with Crippen LogP contribution < -0.4 is 4.74 Å². The standard InChI is InChI=1S/C15H13ClO3S/c16-13-10-11(15(17)18)6-7-14(13)19-8-9-20-12-4-2-1-3-5-12/h1-7,10H,8-9H2,(H,17,18). The zero-order valence-electron chi connectivity index (χ0n) is 10.6. The Hall–Kier alpha value is -1.65. The number of halogens is 1. The summed E-state index contributed by atoms with van der Waals surface area (Å²) in [5, 5.41) is 9.15. The monoisotopic (exact) mass is 308 g/mol. The quantitative estimate of drug-likeness (QED) is 0.641. The largest absolute Gasteiger partial charge is 0.491 e. The molecule has 0 atom stereocenters. The number of aromatic carboxylic acids is 1. The smallest absolute Gasteiger partial charge is 0.335 e. The van der Waals surface area contributed by atoms with Gasteiger partial charge in [-0.05, 0) is 30.3 Å². The summed E-state index contributed by atoms with van der Waals surface area (Å²) in [6.07, 6.45) is 0. The summed E-state index contributed by atoms with van der Waals surface area (Å²) in [7, 11) is 0. The summed E-state index contributed by atoms with van der Waals surface area (Å²) in [5.74, 6) is 0.296. The fourth-order valence-electron chi connectivity index (χ4n) is 1.58. The van der Waals surface area contributed by atoms with Gasteiger partial charge in [-0.15, -0.1) is 11.8 Å². The number of carboxylic acid groups (broad SMARTS) is 1. The second-order valence-corrected chi connectivity index (χ2v) is 5.54. The molecule has 2 aromatic rings. The topological polar surface area (TPSA) is 46.5 Å². The van der Waals surface area contributed by atoms with Gasteiger partial charge in [-0.25, -0.2) is 4.79 Å². The number of carbonyl (C=O) groups is 1. The third-order valence-electron chi connectivity index (χ3n) is 2.53. The van der Waals surface area contributed by atoms with Crippen molar-refractivity contribution in [3.63, 3.8) is 0 Å². The first-order valence-corrected chi connectivity index (χ1v) is 7.36. The predicted molar refractivity (Wildman–Crippen MR) is 81.1 cm³/mol. The van der Waals surface area contributed by atoms with Crippen LogP contribution in [-0.4, -0.2) is 23.4 Å². The molecule has 0 aromatic heterocycles. The summed E-state index contributed by atoms with van der Waals surface area (Å²) < 4.78 is 5.55. The molecule has 0 unspecified atom stereocenters. The number of ether oxygens (including phenoxy) is 1. The van der Waals surface area contributed by atoms with Crippen molar-refractivity contribution in [1.29, 1.82) is 0 Å². The third-order valence-corrected chi connectivity index (χ3v) is 3.80. The summed E-state index contributed by atoms with van der Waals surface area (Å²) >= 11 is 7.67. The van der Waals surface area contributed by atoms with Gasteiger partial charge in [0.15, 0.2) is 0 Å². The molecule has 0 amide bonds. The average molecular weight is 309 g/mol. The van der Waals surface area contributed by atoms with Gasteiger partial charge < -0.3 is 9.84 Å². The number of carboxylic acids is 1. The maximum Gasteiger partial charge on any atom is 0.335 e. The van der Waals surface area contributed by atoms with E-state index in [-0.39, 0.29) is 5.56 Å². The molecular formula is C15H13ClO3S. The molecule has 2 aromatic carbocycles. The number of hydrogen-bond donors (Lipinski definition) is 1. The fraction of sp³-hybridized carbons (Fsp3) is 0.133. The summed E-state index contributed by atoms with van der Waals surface area (Å²) in [6, 6.07) is 14.5. The van der Waals surface area contributed by atoms with Gasteiger partial charge in [0.2, 0.25) is 0 Å². The predicted octanol–water partition coefficient (Wildman–Crippen LogP) is 4.21. The highest BCUT2D eigenvalue weighted by Gasteiger charge is 2.07. The van der Waals surface area contributed by atoms with Crippen molar-refractivity contribution in [1.82, 2.24) is 0 Å². The first kappa shape index (κ1) is 14.8. The van der Waals surface area contributed by atoms with Gasteiger partial charge in [0, 0.05) is 10.6 Å². The SMILES string of the molecule is O=C(O)c1ccc(OCCSc2ccccc2)c(Cl)c1. The lowest BCUT2D eigenvalue weighted by molar-refractivity contribution is 0.0697. The molecule has 0 fully saturated rings. The summed E-state index contributed by atoms with van der Waals surface area (Å²) in [6.45, 7) is 0.506. The van der Waals surface area contributed by atoms with Gasteiger partial charge in [-0.2, -0.15) is 0 Å². The van der Waals surface area contributed by atoms with Crippen LogP contribution in [0.15, 0.2) is 53.4 Å². The Morgan fingerprint density at radius 2 is 1.95 bits per heavy atom. The molecule has 0 aliphatic heterocycles. The van der Waals surface area contributed by atoms with Crippen LogP contribution in [0.1, 0.15) is 10.4 Å². The van der Waals surface area contributed by atoms with Gasteiger partial charge in [0.05, 0.1) is 17.2 Å². The minimum atomic E-state index is -1.00. The van der Waals surface area contributed by atoms with Crippen molar-refractivity contribution in [2.75, 3.05) is 12.4 Å². The van der Waals surface area contributed by atoms with Crippen molar-refractivity contribution in [2.45, 2.75) is 4.90 Å². The van der Waals surface area contributed by atoms with E-state index in [4.69, 9.17) is 21.4 Å². The maximum atomic E-state index is 10.8. The number of rotatable bonds is 6. The highest BCUT2D eigenvalue weighted by Crippen LogP contribution is 2.26. The van der Waals surface area contributed by atoms with E-state index in [2.05, 4.69) is 0 Å². The van der Waals surface area contributed by atoms with Gasteiger partial charge in [-0.3, -0.25) is 0 Å². The molecule has 104 valence electrons. The summed E-state index contributed by atoms with van der Waals surface area (Å²) in [5.41, 5.74) is 0.154. The van der Waals surface area contributed by atoms with Crippen molar-refractivity contribution >= 4 is 29.3 Å². The molecule has 0 saturated heterocycles. The first-order chi connectivity index (χ1) is 9.66. The molecule has 0 bridgehead atoms. The van der Waals surface area contributed by atoms with Crippen LogP contribution in [0.2, 0.25) is 5.02 Å². The van der Waals surface area contributed by atoms with E-state index in [0.717, 1.165) is 5.75 Å². The number of benzene rings is 2. The molecule has 5 heteroatoms. The molecule has 0 radical (unpaired) electrons.